The highest BCUT2D eigenvalue weighted by atomic mass is 16.5. The molecule has 0 radical (unpaired) electrons. The highest BCUT2D eigenvalue weighted by Crippen LogP contribution is 2.26. The Balaban J connectivity index is 1.87. The Morgan fingerprint density at radius 1 is 1.30 bits per heavy atom. The summed E-state index contributed by atoms with van der Waals surface area (Å²) >= 11 is 0. The molecule has 0 bridgehead atoms. The van der Waals surface area contributed by atoms with Crippen LogP contribution in [0.2, 0.25) is 0 Å². The van der Waals surface area contributed by atoms with E-state index >= 15 is 0 Å². The highest BCUT2D eigenvalue weighted by molar-refractivity contribution is 5.94. The molecular formula is C16H24N2O2. The third-order valence-electron chi connectivity index (χ3n) is 3.91. The topological polar surface area (TPSA) is 50.4 Å². The van der Waals surface area contributed by atoms with Crippen molar-refractivity contribution in [3.05, 3.63) is 29.8 Å². The predicted molar refractivity (Wildman–Crippen MR) is 80.2 cm³/mol. The molecule has 2 N–H and O–H groups in total. The summed E-state index contributed by atoms with van der Waals surface area (Å²) in [6.45, 7) is 7.64. The molecule has 0 saturated carbocycles. The van der Waals surface area contributed by atoms with Gasteiger partial charge in [0.2, 0.25) is 0 Å². The van der Waals surface area contributed by atoms with Gasteiger partial charge in [0.25, 0.3) is 5.91 Å². The highest BCUT2D eigenvalue weighted by Gasteiger charge is 2.27. The summed E-state index contributed by atoms with van der Waals surface area (Å²) in [5.74, 6) is 0.794. The molecule has 0 spiro atoms. The summed E-state index contributed by atoms with van der Waals surface area (Å²) in [7, 11) is 0. The van der Waals surface area contributed by atoms with Crippen molar-refractivity contribution in [2.45, 2.75) is 26.7 Å². The first-order chi connectivity index (χ1) is 9.63. The van der Waals surface area contributed by atoms with Crippen molar-refractivity contribution in [1.82, 2.24) is 10.6 Å². The molecule has 0 unspecified atom stereocenters. The van der Waals surface area contributed by atoms with E-state index in [4.69, 9.17) is 4.74 Å². The van der Waals surface area contributed by atoms with E-state index < -0.39 is 0 Å². The number of hydrogen-bond acceptors (Lipinski definition) is 3. The molecule has 4 heteroatoms. The van der Waals surface area contributed by atoms with Gasteiger partial charge in [0, 0.05) is 12.1 Å². The first-order valence-corrected chi connectivity index (χ1v) is 7.35. The number of nitrogens with one attached hydrogen (secondary N) is 2. The van der Waals surface area contributed by atoms with E-state index in [1.165, 1.54) is 0 Å². The van der Waals surface area contributed by atoms with Gasteiger partial charge < -0.3 is 15.4 Å². The quantitative estimate of drug-likeness (QED) is 0.867. The first-order valence-electron chi connectivity index (χ1n) is 7.35. The van der Waals surface area contributed by atoms with Gasteiger partial charge in [-0.1, -0.05) is 6.92 Å². The minimum absolute atomic E-state index is 0.00666. The van der Waals surface area contributed by atoms with E-state index in [9.17, 15) is 4.79 Å². The molecule has 1 aromatic rings. The number of benzene rings is 1. The van der Waals surface area contributed by atoms with Gasteiger partial charge in [0.15, 0.2) is 0 Å². The van der Waals surface area contributed by atoms with Crippen LogP contribution in [0.25, 0.3) is 0 Å². The van der Waals surface area contributed by atoms with Crippen LogP contribution in [0.15, 0.2) is 24.3 Å². The van der Waals surface area contributed by atoms with Gasteiger partial charge >= 0.3 is 0 Å². The van der Waals surface area contributed by atoms with Crippen molar-refractivity contribution in [2.24, 2.45) is 5.41 Å². The predicted octanol–water partition coefficient (Wildman–Crippen LogP) is 2.20. The van der Waals surface area contributed by atoms with Crippen LogP contribution in [-0.4, -0.2) is 32.1 Å². The number of amides is 1. The van der Waals surface area contributed by atoms with Crippen LogP contribution in [0, 0.1) is 5.41 Å². The van der Waals surface area contributed by atoms with Crippen LogP contribution in [-0.2, 0) is 0 Å². The summed E-state index contributed by atoms with van der Waals surface area (Å²) in [5.41, 5.74) is 0.901. The lowest BCUT2D eigenvalue weighted by Crippen LogP contribution is -2.42. The molecule has 1 aliphatic heterocycles. The fraction of sp³-hybridized carbons (Fsp3) is 0.562. The zero-order valence-electron chi connectivity index (χ0n) is 12.4. The molecule has 0 aliphatic carbocycles. The van der Waals surface area contributed by atoms with Crippen LogP contribution < -0.4 is 15.4 Å². The Labute approximate surface area is 120 Å². The molecule has 4 nitrogen and oxygen atoms in total. The Bertz CT molecular complexity index is 436. The molecule has 1 saturated heterocycles. The van der Waals surface area contributed by atoms with Crippen molar-refractivity contribution in [2.75, 3.05) is 26.2 Å². The van der Waals surface area contributed by atoms with E-state index in [0.717, 1.165) is 38.2 Å². The zero-order chi connectivity index (χ0) is 14.4. The van der Waals surface area contributed by atoms with E-state index in [0.29, 0.717) is 12.2 Å². The molecule has 0 atom stereocenters. The van der Waals surface area contributed by atoms with Gasteiger partial charge in [-0.3, -0.25) is 4.79 Å². The molecule has 1 aliphatic rings. The fourth-order valence-electron chi connectivity index (χ4n) is 2.47. The van der Waals surface area contributed by atoms with Crippen LogP contribution in [0.3, 0.4) is 0 Å². The second kappa shape index (κ2) is 6.75. The number of hydrogen-bond donors (Lipinski definition) is 2. The molecule has 2 rings (SSSR count). The first kappa shape index (κ1) is 14.9. The maximum Gasteiger partial charge on any atom is 0.251 e. The molecule has 110 valence electrons. The van der Waals surface area contributed by atoms with Crippen molar-refractivity contribution in [3.8, 4) is 5.75 Å². The lowest BCUT2D eigenvalue weighted by Gasteiger charge is -2.34. The van der Waals surface area contributed by atoms with Crippen molar-refractivity contribution in [1.29, 1.82) is 0 Å². The number of ether oxygens (including phenoxy) is 1. The van der Waals surface area contributed by atoms with Crippen molar-refractivity contribution in [3.63, 3.8) is 0 Å². The van der Waals surface area contributed by atoms with Gasteiger partial charge in [-0.05, 0) is 62.5 Å². The summed E-state index contributed by atoms with van der Waals surface area (Å²) in [6, 6.07) is 7.30. The normalized spacial score (nSPS) is 17.5. The largest absolute Gasteiger partial charge is 0.494 e. The van der Waals surface area contributed by atoms with Gasteiger partial charge in [0.05, 0.1) is 6.61 Å². The SMILES string of the molecule is CCOc1ccc(C(=O)NCC2(C)CCNCC2)cc1. The third kappa shape index (κ3) is 3.97. The number of piperidine rings is 1. The lowest BCUT2D eigenvalue weighted by atomic mass is 9.81. The average Bonchev–Trinajstić information content (AvgIpc) is 2.47. The smallest absolute Gasteiger partial charge is 0.251 e. The summed E-state index contributed by atoms with van der Waals surface area (Å²) in [6.07, 6.45) is 2.22. The fourth-order valence-corrected chi connectivity index (χ4v) is 2.47. The number of rotatable bonds is 5. The number of carbonyl (C=O) groups is 1. The number of carbonyl (C=O) groups excluding carboxylic acids is 1. The standard InChI is InChI=1S/C16H24N2O2/c1-3-20-14-6-4-13(5-7-14)15(19)18-12-16(2)8-10-17-11-9-16/h4-7,17H,3,8-12H2,1-2H3,(H,18,19). The zero-order valence-corrected chi connectivity index (χ0v) is 12.4. The Morgan fingerprint density at radius 3 is 2.55 bits per heavy atom. The summed E-state index contributed by atoms with van der Waals surface area (Å²) in [5, 5.41) is 6.40. The van der Waals surface area contributed by atoms with Gasteiger partial charge in [-0.15, -0.1) is 0 Å². The molecule has 1 amide bonds. The molecule has 1 heterocycles. The summed E-state index contributed by atoms with van der Waals surface area (Å²) in [4.78, 5) is 12.1. The van der Waals surface area contributed by atoms with Crippen molar-refractivity contribution < 1.29 is 9.53 Å². The third-order valence-corrected chi connectivity index (χ3v) is 3.91. The van der Waals surface area contributed by atoms with E-state index in [1.54, 1.807) is 0 Å². The second-order valence-electron chi connectivity index (χ2n) is 5.70. The lowest BCUT2D eigenvalue weighted by molar-refractivity contribution is 0.0922. The van der Waals surface area contributed by atoms with E-state index in [-0.39, 0.29) is 11.3 Å². The van der Waals surface area contributed by atoms with E-state index in [2.05, 4.69) is 17.6 Å². The summed E-state index contributed by atoms with van der Waals surface area (Å²) < 4.78 is 5.37. The Hall–Kier alpha value is -1.55. The van der Waals surface area contributed by atoms with Crippen LogP contribution in [0.4, 0.5) is 0 Å². The Morgan fingerprint density at radius 2 is 1.95 bits per heavy atom. The van der Waals surface area contributed by atoms with Gasteiger partial charge in [-0.25, -0.2) is 0 Å². The minimum Gasteiger partial charge on any atom is -0.494 e. The minimum atomic E-state index is -0.00666. The van der Waals surface area contributed by atoms with Gasteiger partial charge in [0.1, 0.15) is 5.75 Å². The average molecular weight is 276 g/mol. The molecule has 1 fully saturated rings. The Kier molecular flexibility index (Phi) is 5.01. The van der Waals surface area contributed by atoms with Crippen molar-refractivity contribution >= 4 is 5.91 Å². The van der Waals surface area contributed by atoms with Crippen LogP contribution >= 0.6 is 0 Å². The maximum absolute atomic E-state index is 12.1. The molecular weight excluding hydrogens is 252 g/mol. The maximum atomic E-state index is 12.1. The van der Waals surface area contributed by atoms with E-state index in [1.807, 2.05) is 31.2 Å². The van der Waals surface area contributed by atoms with Crippen LogP contribution in [0.1, 0.15) is 37.0 Å². The van der Waals surface area contributed by atoms with Crippen LogP contribution in [0.5, 0.6) is 5.75 Å². The van der Waals surface area contributed by atoms with Gasteiger partial charge in [-0.2, -0.15) is 0 Å². The molecule has 1 aromatic carbocycles. The molecule has 20 heavy (non-hydrogen) atoms. The molecule has 0 aromatic heterocycles. The monoisotopic (exact) mass is 276 g/mol. The second-order valence-corrected chi connectivity index (χ2v) is 5.70.